The zero-order chi connectivity index (χ0) is 14.4. The van der Waals surface area contributed by atoms with Crippen molar-refractivity contribution in [2.75, 3.05) is 4.90 Å². The minimum absolute atomic E-state index is 0.643. The van der Waals surface area contributed by atoms with E-state index in [0.29, 0.717) is 5.82 Å². The van der Waals surface area contributed by atoms with Gasteiger partial charge in [-0.15, -0.1) is 0 Å². The molecule has 0 aliphatic heterocycles. The van der Waals surface area contributed by atoms with E-state index in [1.54, 1.807) is 24.5 Å². The molecule has 0 aromatic carbocycles. The number of aryl methyl sites for hydroxylation is 1. The number of nitrogens with zero attached hydrogens (tertiary/aromatic N) is 4. The van der Waals surface area contributed by atoms with E-state index in [0.717, 1.165) is 17.2 Å². The Morgan fingerprint density at radius 3 is 2.65 bits per heavy atom. The Morgan fingerprint density at radius 1 is 1.25 bits per heavy atom. The Morgan fingerprint density at radius 2 is 2.10 bits per heavy atom. The van der Waals surface area contributed by atoms with Crippen LogP contribution in [0.1, 0.15) is 5.69 Å². The van der Waals surface area contributed by atoms with E-state index >= 15 is 0 Å². The molecule has 0 bridgehead atoms. The number of hydrogen-bond acceptors (Lipinski definition) is 4. The first-order valence-electron chi connectivity index (χ1n) is 6.19. The lowest BCUT2D eigenvalue weighted by molar-refractivity contribution is 1.06. The van der Waals surface area contributed by atoms with Crippen LogP contribution in [0.25, 0.3) is 0 Å². The summed E-state index contributed by atoms with van der Waals surface area (Å²) in [4.78, 5) is 14.6. The number of aliphatic imine (C=N–C) groups is 1. The number of hydrogen-bond donors (Lipinski definition) is 0. The Hall–Kier alpha value is -2.75. The van der Waals surface area contributed by atoms with Crippen molar-refractivity contribution in [3.63, 3.8) is 0 Å². The second-order valence-corrected chi connectivity index (χ2v) is 4.10. The molecule has 0 aliphatic rings. The highest BCUT2D eigenvalue weighted by Gasteiger charge is 2.14. The van der Waals surface area contributed by atoms with Gasteiger partial charge in [-0.2, -0.15) is 0 Å². The van der Waals surface area contributed by atoms with E-state index in [2.05, 4.69) is 28.3 Å². The lowest BCUT2D eigenvalue weighted by atomic mass is 10.3. The molecule has 0 N–H and O–H groups in total. The third kappa shape index (κ3) is 2.98. The molecular formula is C16H16N4. The normalized spacial score (nSPS) is 10.9. The number of rotatable bonds is 5. The summed E-state index contributed by atoms with van der Waals surface area (Å²) in [5, 5.41) is 0. The Labute approximate surface area is 118 Å². The zero-order valence-electron chi connectivity index (χ0n) is 11.4. The first kappa shape index (κ1) is 13.7. The molecule has 0 radical (unpaired) electrons. The molecule has 2 aromatic heterocycles. The molecule has 0 saturated carbocycles. The summed E-state index contributed by atoms with van der Waals surface area (Å²) in [6, 6.07) is 9.61. The molecule has 2 aromatic rings. The highest BCUT2D eigenvalue weighted by molar-refractivity contribution is 5.65. The molecule has 4 heteroatoms. The van der Waals surface area contributed by atoms with Crippen LogP contribution in [-0.2, 0) is 0 Å². The van der Waals surface area contributed by atoms with Gasteiger partial charge in [0.2, 0.25) is 0 Å². The van der Waals surface area contributed by atoms with Crippen LogP contribution in [0.2, 0.25) is 0 Å². The van der Waals surface area contributed by atoms with Crippen LogP contribution in [0.4, 0.5) is 11.5 Å². The average Bonchev–Trinajstić information content (AvgIpc) is 2.49. The van der Waals surface area contributed by atoms with Gasteiger partial charge in [0, 0.05) is 11.9 Å². The van der Waals surface area contributed by atoms with Gasteiger partial charge in [-0.3, -0.25) is 9.88 Å². The summed E-state index contributed by atoms with van der Waals surface area (Å²) in [7, 11) is 0. The Balaban J connectivity index is 2.54. The molecular weight excluding hydrogens is 248 g/mol. The molecule has 100 valence electrons. The molecule has 0 spiro atoms. The van der Waals surface area contributed by atoms with Crippen molar-refractivity contribution in [1.29, 1.82) is 0 Å². The average molecular weight is 264 g/mol. The lowest BCUT2D eigenvalue weighted by Crippen LogP contribution is -2.16. The molecule has 0 atom stereocenters. The molecule has 0 amide bonds. The van der Waals surface area contributed by atoms with Crippen LogP contribution < -0.4 is 4.90 Å². The first-order chi connectivity index (χ1) is 9.76. The topological polar surface area (TPSA) is 41.4 Å². The molecule has 4 nitrogen and oxygen atoms in total. The van der Waals surface area contributed by atoms with Gasteiger partial charge in [0.25, 0.3) is 0 Å². The van der Waals surface area contributed by atoms with Crippen molar-refractivity contribution in [1.82, 2.24) is 9.97 Å². The van der Waals surface area contributed by atoms with Crippen molar-refractivity contribution in [3.8, 4) is 0 Å². The maximum Gasteiger partial charge on any atom is 0.138 e. The quantitative estimate of drug-likeness (QED) is 0.611. The highest BCUT2D eigenvalue weighted by Crippen LogP contribution is 2.27. The minimum Gasteiger partial charge on any atom is -0.277 e. The fraction of sp³-hybridized carbons (Fsp3) is 0.0625. The van der Waals surface area contributed by atoms with E-state index in [9.17, 15) is 0 Å². The van der Waals surface area contributed by atoms with Crippen LogP contribution in [-0.4, -0.2) is 16.7 Å². The van der Waals surface area contributed by atoms with E-state index in [4.69, 9.17) is 0 Å². The predicted molar refractivity (Wildman–Crippen MR) is 83.2 cm³/mol. The van der Waals surface area contributed by atoms with E-state index in [1.165, 1.54) is 0 Å². The maximum absolute atomic E-state index is 4.36. The van der Waals surface area contributed by atoms with Crippen LogP contribution >= 0.6 is 0 Å². The van der Waals surface area contributed by atoms with Gasteiger partial charge in [0.1, 0.15) is 11.6 Å². The number of allylic oxidation sites excluding steroid dienone is 2. The smallest absolute Gasteiger partial charge is 0.138 e. The number of anilines is 2. The van der Waals surface area contributed by atoms with Crippen molar-refractivity contribution < 1.29 is 0 Å². The largest absolute Gasteiger partial charge is 0.277 e. The molecule has 0 saturated heterocycles. The van der Waals surface area contributed by atoms with Crippen molar-refractivity contribution in [3.05, 3.63) is 73.0 Å². The van der Waals surface area contributed by atoms with Gasteiger partial charge in [0.05, 0.1) is 11.9 Å². The fourth-order valence-electron chi connectivity index (χ4n) is 1.76. The minimum atomic E-state index is 0.643. The van der Waals surface area contributed by atoms with E-state index < -0.39 is 0 Å². The van der Waals surface area contributed by atoms with Crippen LogP contribution in [0.5, 0.6) is 0 Å². The van der Waals surface area contributed by atoms with Crippen molar-refractivity contribution >= 4 is 18.2 Å². The number of aromatic nitrogens is 2. The van der Waals surface area contributed by atoms with Gasteiger partial charge in [-0.05, 0) is 44.0 Å². The van der Waals surface area contributed by atoms with Gasteiger partial charge >= 0.3 is 0 Å². The maximum atomic E-state index is 4.36. The first-order valence-corrected chi connectivity index (χ1v) is 6.19. The Bertz CT molecular complexity index is 615. The summed E-state index contributed by atoms with van der Waals surface area (Å²) >= 11 is 0. The Kier molecular flexibility index (Phi) is 4.39. The summed E-state index contributed by atoms with van der Waals surface area (Å²) in [6.45, 7) is 9.26. The highest BCUT2D eigenvalue weighted by atomic mass is 15.3. The third-order valence-corrected chi connectivity index (χ3v) is 2.69. The molecule has 20 heavy (non-hydrogen) atoms. The summed E-state index contributed by atoms with van der Waals surface area (Å²) in [5.41, 5.74) is 1.82. The number of pyridine rings is 2. The lowest BCUT2D eigenvalue weighted by Gasteiger charge is -2.23. The van der Waals surface area contributed by atoms with Gasteiger partial charge < -0.3 is 0 Å². The molecule has 0 aliphatic carbocycles. The summed E-state index contributed by atoms with van der Waals surface area (Å²) in [6.07, 6.45) is 6.97. The summed E-state index contributed by atoms with van der Waals surface area (Å²) < 4.78 is 0. The van der Waals surface area contributed by atoms with Gasteiger partial charge in [-0.25, -0.2) is 9.98 Å². The van der Waals surface area contributed by atoms with Crippen LogP contribution in [0.3, 0.4) is 0 Å². The molecule has 2 heterocycles. The zero-order valence-corrected chi connectivity index (χ0v) is 11.4. The monoisotopic (exact) mass is 264 g/mol. The molecule has 2 rings (SSSR count). The van der Waals surface area contributed by atoms with E-state index in [-0.39, 0.29) is 0 Å². The van der Waals surface area contributed by atoms with Crippen molar-refractivity contribution in [2.45, 2.75) is 6.92 Å². The summed E-state index contributed by atoms with van der Waals surface area (Å²) in [5.74, 6) is 1.39. The second kappa shape index (κ2) is 6.43. The predicted octanol–water partition coefficient (Wildman–Crippen LogP) is 3.65. The fourth-order valence-corrected chi connectivity index (χ4v) is 1.76. The standard InChI is InChI=1S/C16H16N4/c1-4-7-15(17-3)20(16-8-5-6-11-18-16)14-10-9-13(2)19-12-14/h4-12H,1,3H2,2H3/b15-7+. The van der Waals surface area contributed by atoms with E-state index in [1.807, 2.05) is 42.2 Å². The molecule has 0 unspecified atom stereocenters. The van der Waals surface area contributed by atoms with Gasteiger partial charge in [-0.1, -0.05) is 18.7 Å². The SMILES string of the molecule is C=C/C=C(\N=C)N(c1ccc(C)nc1)c1ccccn1. The third-order valence-electron chi connectivity index (χ3n) is 2.69. The van der Waals surface area contributed by atoms with Crippen molar-refractivity contribution in [2.24, 2.45) is 4.99 Å². The van der Waals surface area contributed by atoms with Crippen LogP contribution in [0, 0.1) is 6.92 Å². The second-order valence-electron chi connectivity index (χ2n) is 4.10. The molecule has 0 fully saturated rings. The van der Waals surface area contributed by atoms with Crippen LogP contribution in [0.15, 0.2) is 72.3 Å². The van der Waals surface area contributed by atoms with Gasteiger partial charge in [0.15, 0.2) is 0 Å².